The number of benzene rings is 2. The summed E-state index contributed by atoms with van der Waals surface area (Å²) in [5.74, 6) is 0.0121. The second-order valence-electron chi connectivity index (χ2n) is 7.85. The first-order valence-corrected chi connectivity index (χ1v) is 12.6. The van der Waals surface area contributed by atoms with Crippen molar-refractivity contribution in [3.05, 3.63) is 53.6 Å². The third kappa shape index (κ3) is 5.48. The van der Waals surface area contributed by atoms with E-state index >= 15 is 0 Å². The van der Waals surface area contributed by atoms with Crippen LogP contribution in [-0.4, -0.2) is 55.1 Å². The van der Waals surface area contributed by atoms with Gasteiger partial charge < -0.3 is 9.80 Å². The highest BCUT2D eigenvalue weighted by Crippen LogP contribution is 2.31. The summed E-state index contributed by atoms with van der Waals surface area (Å²) in [6, 6.07) is 14.4. The lowest BCUT2D eigenvalue weighted by atomic mass is 10.1. The molecule has 1 aromatic heterocycles. The van der Waals surface area contributed by atoms with Crippen LogP contribution >= 0.6 is 11.3 Å². The van der Waals surface area contributed by atoms with E-state index in [1.807, 2.05) is 17.0 Å². The maximum atomic E-state index is 13.6. The molecule has 0 atom stereocenters. The maximum Gasteiger partial charge on any atom is 0.260 e. The Balaban J connectivity index is 1.92. The van der Waals surface area contributed by atoms with E-state index in [0.29, 0.717) is 12.1 Å². The first kappa shape index (κ1) is 24.2. The van der Waals surface area contributed by atoms with E-state index in [4.69, 9.17) is 4.98 Å². The van der Waals surface area contributed by atoms with Crippen molar-refractivity contribution in [1.29, 1.82) is 0 Å². The van der Waals surface area contributed by atoms with E-state index in [1.54, 1.807) is 11.3 Å². The molecule has 3 aromatic rings. The molecule has 0 aliphatic heterocycles. The first-order valence-electron chi connectivity index (χ1n) is 11.8. The van der Waals surface area contributed by atoms with Crippen LogP contribution in [0.15, 0.2) is 42.5 Å². The van der Waals surface area contributed by atoms with Gasteiger partial charge in [-0.1, -0.05) is 38.2 Å². The number of carbonyl (C=O) groups excluding carboxylic acids is 1. The number of carbonyl (C=O) groups is 1. The second kappa shape index (κ2) is 11.4. The van der Waals surface area contributed by atoms with Crippen molar-refractivity contribution in [2.75, 3.05) is 49.1 Å². The standard InChI is InChI=1S/C26H36N4OS/c1-6-20-11-16-23-24(19-20)32-26(27-23)30(18-17-28(7-2)8-3)25(31)21-12-14-22(15-13-21)29(9-4)10-5/h11-16,19H,6-10,17-18H2,1-5H3. The summed E-state index contributed by atoms with van der Waals surface area (Å²) in [7, 11) is 0. The minimum absolute atomic E-state index is 0.0121. The molecular weight excluding hydrogens is 416 g/mol. The Morgan fingerprint density at radius 3 is 2.16 bits per heavy atom. The lowest BCUT2D eigenvalue weighted by Crippen LogP contribution is -2.38. The molecule has 0 saturated carbocycles. The number of hydrogen-bond acceptors (Lipinski definition) is 5. The largest absolute Gasteiger partial charge is 0.372 e. The van der Waals surface area contributed by atoms with Crippen LogP contribution in [0.5, 0.6) is 0 Å². The summed E-state index contributed by atoms with van der Waals surface area (Å²) in [5, 5.41) is 0.776. The summed E-state index contributed by atoms with van der Waals surface area (Å²) in [6.07, 6.45) is 0.993. The van der Waals surface area contributed by atoms with Gasteiger partial charge in [0.2, 0.25) is 0 Å². The second-order valence-corrected chi connectivity index (χ2v) is 8.86. The molecule has 0 spiro atoms. The SMILES string of the molecule is CCc1ccc2nc(N(CCN(CC)CC)C(=O)c3ccc(N(CC)CC)cc3)sc2c1. The van der Waals surface area contributed by atoms with Gasteiger partial charge in [-0.3, -0.25) is 9.69 Å². The average molecular weight is 453 g/mol. The maximum absolute atomic E-state index is 13.6. The van der Waals surface area contributed by atoms with E-state index in [9.17, 15) is 4.79 Å². The van der Waals surface area contributed by atoms with Crippen molar-refractivity contribution in [1.82, 2.24) is 9.88 Å². The number of hydrogen-bond donors (Lipinski definition) is 0. The van der Waals surface area contributed by atoms with Gasteiger partial charge in [0.05, 0.1) is 10.2 Å². The number of amides is 1. The summed E-state index contributed by atoms with van der Waals surface area (Å²) < 4.78 is 1.14. The zero-order valence-electron chi connectivity index (χ0n) is 20.1. The molecule has 3 rings (SSSR count). The van der Waals surface area contributed by atoms with Crippen molar-refractivity contribution < 1.29 is 4.79 Å². The van der Waals surface area contributed by atoms with Gasteiger partial charge in [-0.25, -0.2) is 4.98 Å². The van der Waals surface area contributed by atoms with E-state index < -0.39 is 0 Å². The molecule has 0 radical (unpaired) electrons. The zero-order valence-corrected chi connectivity index (χ0v) is 20.9. The lowest BCUT2D eigenvalue weighted by molar-refractivity contribution is 0.0984. The predicted octanol–water partition coefficient (Wildman–Crippen LogP) is 5.69. The summed E-state index contributed by atoms with van der Waals surface area (Å²) in [5.41, 5.74) is 4.10. The molecule has 2 aromatic carbocycles. The van der Waals surface area contributed by atoms with Crippen molar-refractivity contribution in [2.24, 2.45) is 0 Å². The van der Waals surface area contributed by atoms with Crippen molar-refractivity contribution in [2.45, 2.75) is 41.0 Å². The van der Waals surface area contributed by atoms with E-state index in [0.717, 1.165) is 60.2 Å². The van der Waals surface area contributed by atoms with Crippen molar-refractivity contribution in [3.63, 3.8) is 0 Å². The van der Waals surface area contributed by atoms with Crippen LogP contribution in [0.3, 0.4) is 0 Å². The van der Waals surface area contributed by atoms with Gasteiger partial charge in [0.25, 0.3) is 5.91 Å². The van der Waals surface area contributed by atoms with Crippen molar-refractivity contribution >= 4 is 38.3 Å². The molecule has 0 bridgehead atoms. The van der Waals surface area contributed by atoms with Crippen LogP contribution in [0, 0.1) is 0 Å². The molecule has 0 aliphatic carbocycles. The van der Waals surface area contributed by atoms with E-state index in [1.165, 1.54) is 5.56 Å². The Morgan fingerprint density at radius 2 is 1.56 bits per heavy atom. The monoisotopic (exact) mass is 452 g/mol. The molecular formula is C26H36N4OS. The Bertz CT molecular complexity index is 1010. The minimum Gasteiger partial charge on any atom is -0.372 e. The smallest absolute Gasteiger partial charge is 0.260 e. The van der Waals surface area contributed by atoms with Gasteiger partial charge in [-0.05, 0) is 75.3 Å². The van der Waals surface area contributed by atoms with E-state index in [-0.39, 0.29) is 5.91 Å². The average Bonchev–Trinajstić information content (AvgIpc) is 3.25. The first-order chi connectivity index (χ1) is 15.5. The summed E-state index contributed by atoms with van der Waals surface area (Å²) in [4.78, 5) is 24.9. The number of aryl methyl sites for hydroxylation is 1. The van der Waals surface area contributed by atoms with Gasteiger partial charge in [-0.2, -0.15) is 0 Å². The number of rotatable bonds is 11. The fourth-order valence-electron chi connectivity index (χ4n) is 3.92. The Hall–Kier alpha value is -2.44. The third-order valence-corrected chi connectivity index (χ3v) is 7.14. The van der Waals surface area contributed by atoms with Crippen LogP contribution < -0.4 is 9.80 Å². The fraction of sp³-hybridized carbons (Fsp3) is 0.462. The molecule has 6 heteroatoms. The molecule has 172 valence electrons. The summed E-state index contributed by atoms with van der Waals surface area (Å²) in [6.45, 7) is 16.1. The Morgan fingerprint density at radius 1 is 0.875 bits per heavy atom. The van der Waals surface area contributed by atoms with E-state index in [2.05, 4.69) is 74.8 Å². The fourth-order valence-corrected chi connectivity index (χ4v) is 4.97. The van der Waals surface area contributed by atoms with Gasteiger partial charge in [0.1, 0.15) is 0 Å². The molecule has 0 aliphatic rings. The number of fused-ring (bicyclic) bond motifs is 1. The molecule has 0 unspecified atom stereocenters. The van der Waals surface area contributed by atoms with Gasteiger partial charge >= 0.3 is 0 Å². The molecule has 0 fully saturated rings. The number of anilines is 2. The Kier molecular flexibility index (Phi) is 8.65. The van der Waals surface area contributed by atoms with Crippen LogP contribution in [0.25, 0.3) is 10.2 Å². The highest BCUT2D eigenvalue weighted by molar-refractivity contribution is 7.22. The number of aromatic nitrogens is 1. The highest BCUT2D eigenvalue weighted by Gasteiger charge is 2.22. The lowest BCUT2D eigenvalue weighted by Gasteiger charge is -2.25. The normalized spacial score (nSPS) is 11.3. The van der Waals surface area contributed by atoms with Crippen LogP contribution in [0.2, 0.25) is 0 Å². The van der Waals surface area contributed by atoms with Crippen LogP contribution in [0.1, 0.15) is 50.5 Å². The number of thiazole rings is 1. The van der Waals surface area contributed by atoms with Gasteiger partial charge in [0, 0.05) is 37.4 Å². The minimum atomic E-state index is 0.0121. The molecule has 1 heterocycles. The van der Waals surface area contributed by atoms with Crippen LogP contribution in [-0.2, 0) is 6.42 Å². The highest BCUT2D eigenvalue weighted by atomic mass is 32.1. The van der Waals surface area contributed by atoms with Crippen LogP contribution in [0.4, 0.5) is 10.8 Å². The molecule has 0 N–H and O–H groups in total. The molecule has 5 nitrogen and oxygen atoms in total. The topological polar surface area (TPSA) is 39.7 Å². The Labute approximate surface area is 196 Å². The zero-order chi connectivity index (χ0) is 23.1. The molecule has 1 amide bonds. The summed E-state index contributed by atoms with van der Waals surface area (Å²) >= 11 is 1.61. The number of likely N-dealkylation sites (N-methyl/N-ethyl adjacent to an activating group) is 1. The van der Waals surface area contributed by atoms with Gasteiger partial charge in [0.15, 0.2) is 5.13 Å². The molecule has 0 saturated heterocycles. The quantitative estimate of drug-likeness (QED) is 0.374. The van der Waals surface area contributed by atoms with Crippen molar-refractivity contribution in [3.8, 4) is 0 Å². The molecule has 32 heavy (non-hydrogen) atoms. The predicted molar refractivity (Wildman–Crippen MR) is 138 cm³/mol. The van der Waals surface area contributed by atoms with Gasteiger partial charge in [-0.15, -0.1) is 0 Å². The third-order valence-electron chi connectivity index (χ3n) is 6.10. The number of nitrogens with zero attached hydrogens (tertiary/aromatic N) is 4.